The minimum absolute atomic E-state index is 0.358. The highest BCUT2D eigenvalue weighted by atomic mass is 32.1. The summed E-state index contributed by atoms with van der Waals surface area (Å²) in [5.74, 6) is -0.358. The van der Waals surface area contributed by atoms with Gasteiger partial charge in [0.1, 0.15) is 5.01 Å². The lowest BCUT2D eigenvalue weighted by Gasteiger charge is -2.03. The number of rotatable bonds is 4. The van der Waals surface area contributed by atoms with Gasteiger partial charge in [0.15, 0.2) is 0 Å². The van der Waals surface area contributed by atoms with E-state index in [0.717, 1.165) is 10.7 Å². The summed E-state index contributed by atoms with van der Waals surface area (Å²) in [5, 5.41) is 12.4. The molecule has 3 N–H and O–H groups in total. The van der Waals surface area contributed by atoms with E-state index >= 15 is 0 Å². The van der Waals surface area contributed by atoms with Gasteiger partial charge in [0.2, 0.25) is 5.13 Å². The maximum absolute atomic E-state index is 11.2. The molecule has 0 aliphatic carbocycles. The number of carbonyl (C=O) groups excluding carboxylic acids is 1. The van der Waals surface area contributed by atoms with Crippen molar-refractivity contribution >= 4 is 28.1 Å². The number of ether oxygens (including phenoxy) is 1. The first-order valence-electron chi connectivity index (χ1n) is 5.21. The van der Waals surface area contributed by atoms with E-state index in [1.165, 1.54) is 18.4 Å². The zero-order chi connectivity index (χ0) is 13.0. The Morgan fingerprint density at radius 1 is 1.39 bits per heavy atom. The SMILES string of the molecule is COC(=O)c1ccc(Nc2nnc(CN)s2)cc1. The highest BCUT2D eigenvalue weighted by molar-refractivity contribution is 7.15. The second-order valence-corrected chi connectivity index (χ2v) is 4.46. The molecular weight excluding hydrogens is 252 g/mol. The van der Waals surface area contributed by atoms with Crippen LogP contribution < -0.4 is 11.1 Å². The number of aromatic nitrogens is 2. The van der Waals surface area contributed by atoms with E-state index in [4.69, 9.17) is 5.73 Å². The van der Waals surface area contributed by atoms with Gasteiger partial charge < -0.3 is 15.8 Å². The summed E-state index contributed by atoms with van der Waals surface area (Å²) < 4.78 is 4.62. The summed E-state index contributed by atoms with van der Waals surface area (Å²) >= 11 is 1.39. The molecule has 0 atom stereocenters. The fraction of sp³-hybridized carbons (Fsp3) is 0.182. The van der Waals surface area contributed by atoms with Gasteiger partial charge in [-0.3, -0.25) is 0 Å². The predicted octanol–water partition coefficient (Wildman–Crippen LogP) is 1.53. The molecule has 0 aliphatic rings. The van der Waals surface area contributed by atoms with Crippen molar-refractivity contribution in [1.29, 1.82) is 0 Å². The molecule has 1 heterocycles. The second kappa shape index (κ2) is 5.56. The highest BCUT2D eigenvalue weighted by Crippen LogP contribution is 2.20. The molecule has 0 unspecified atom stereocenters. The Labute approximate surface area is 108 Å². The summed E-state index contributed by atoms with van der Waals surface area (Å²) in [4.78, 5) is 11.2. The number of benzene rings is 1. The average Bonchev–Trinajstić information content (AvgIpc) is 2.86. The summed E-state index contributed by atoms with van der Waals surface area (Å²) in [5.41, 5.74) is 6.78. The number of esters is 1. The quantitative estimate of drug-likeness (QED) is 0.814. The number of carbonyl (C=O) groups is 1. The van der Waals surface area contributed by atoms with Crippen LogP contribution in [0.3, 0.4) is 0 Å². The second-order valence-electron chi connectivity index (χ2n) is 3.40. The first-order valence-corrected chi connectivity index (χ1v) is 6.02. The molecule has 1 aromatic carbocycles. The number of nitrogens with one attached hydrogen (secondary N) is 1. The maximum atomic E-state index is 11.2. The van der Waals surface area contributed by atoms with Crippen molar-refractivity contribution in [3.8, 4) is 0 Å². The number of methoxy groups -OCH3 is 1. The molecule has 94 valence electrons. The van der Waals surface area contributed by atoms with Crippen molar-refractivity contribution in [3.05, 3.63) is 34.8 Å². The lowest BCUT2D eigenvalue weighted by atomic mass is 10.2. The van der Waals surface area contributed by atoms with Crippen molar-refractivity contribution in [3.63, 3.8) is 0 Å². The van der Waals surface area contributed by atoms with Crippen LogP contribution in [0.5, 0.6) is 0 Å². The molecule has 18 heavy (non-hydrogen) atoms. The number of hydrogen-bond donors (Lipinski definition) is 2. The van der Waals surface area contributed by atoms with Gasteiger partial charge in [0, 0.05) is 12.2 Å². The molecular formula is C11H12N4O2S. The highest BCUT2D eigenvalue weighted by Gasteiger charge is 2.06. The van der Waals surface area contributed by atoms with Gasteiger partial charge in [-0.1, -0.05) is 11.3 Å². The van der Waals surface area contributed by atoms with Gasteiger partial charge in [0.05, 0.1) is 12.7 Å². The van der Waals surface area contributed by atoms with Crippen LogP contribution in [0.15, 0.2) is 24.3 Å². The molecule has 2 rings (SSSR count). The van der Waals surface area contributed by atoms with E-state index in [0.29, 0.717) is 17.2 Å². The van der Waals surface area contributed by atoms with E-state index in [9.17, 15) is 4.79 Å². The Kier molecular flexibility index (Phi) is 3.85. The molecule has 0 radical (unpaired) electrons. The van der Waals surface area contributed by atoms with Crippen molar-refractivity contribution in [2.45, 2.75) is 6.54 Å². The van der Waals surface area contributed by atoms with Gasteiger partial charge in [-0.2, -0.15) is 0 Å². The molecule has 0 spiro atoms. The topological polar surface area (TPSA) is 90.1 Å². The lowest BCUT2D eigenvalue weighted by molar-refractivity contribution is 0.0601. The minimum Gasteiger partial charge on any atom is -0.465 e. The Balaban J connectivity index is 2.08. The van der Waals surface area contributed by atoms with E-state index in [-0.39, 0.29) is 5.97 Å². The van der Waals surface area contributed by atoms with Gasteiger partial charge in [-0.05, 0) is 24.3 Å². The van der Waals surface area contributed by atoms with Crippen molar-refractivity contribution in [1.82, 2.24) is 10.2 Å². The summed E-state index contributed by atoms with van der Waals surface area (Å²) in [7, 11) is 1.35. The fourth-order valence-corrected chi connectivity index (χ4v) is 1.96. The predicted molar refractivity (Wildman–Crippen MR) is 68.9 cm³/mol. The largest absolute Gasteiger partial charge is 0.465 e. The number of hydrogen-bond acceptors (Lipinski definition) is 7. The Morgan fingerprint density at radius 2 is 2.11 bits per heavy atom. The summed E-state index contributed by atoms with van der Waals surface area (Å²) in [6, 6.07) is 6.91. The molecule has 2 aromatic rings. The van der Waals surface area contributed by atoms with Gasteiger partial charge in [-0.15, -0.1) is 10.2 Å². The van der Waals surface area contributed by atoms with Crippen LogP contribution in [0.2, 0.25) is 0 Å². The van der Waals surface area contributed by atoms with Gasteiger partial charge in [-0.25, -0.2) is 4.79 Å². The molecule has 0 amide bonds. The van der Waals surface area contributed by atoms with E-state index in [1.807, 2.05) is 0 Å². The number of nitrogens with zero attached hydrogens (tertiary/aromatic N) is 2. The van der Waals surface area contributed by atoms with Gasteiger partial charge in [0.25, 0.3) is 0 Å². The first-order chi connectivity index (χ1) is 8.72. The molecule has 0 bridgehead atoms. The molecule has 7 heteroatoms. The number of anilines is 2. The molecule has 0 saturated heterocycles. The van der Waals surface area contributed by atoms with Crippen molar-refractivity contribution in [2.75, 3.05) is 12.4 Å². The zero-order valence-corrected chi connectivity index (χ0v) is 10.5. The maximum Gasteiger partial charge on any atom is 0.337 e. The van der Waals surface area contributed by atoms with E-state index in [1.54, 1.807) is 24.3 Å². The van der Waals surface area contributed by atoms with Crippen LogP contribution in [-0.4, -0.2) is 23.3 Å². The smallest absolute Gasteiger partial charge is 0.337 e. The van der Waals surface area contributed by atoms with E-state index in [2.05, 4.69) is 20.3 Å². The van der Waals surface area contributed by atoms with Crippen LogP contribution in [0, 0.1) is 0 Å². The third-order valence-electron chi connectivity index (χ3n) is 2.20. The molecule has 0 fully saturated rings. The first kappa shape index (κ1) is 12.5. The van der Waals surface area contributed by atoms with Crippen molar-refractivity contribution in [2.24, 2.45) is 5.73 Å². The van der Waals surface area contributed by atoms with Crippen LogP contribution in [0.1, 0.15) is 15.4 Å². The van der Waals surface area contributed by atoms with Crippen LogP contribution in [0.4, 0.5) is 10.8 Å². The molecule has 0 aliphatic heterocycles. The monoisotopic (exact) mass is 264 g/mol. The Hall–Kier alpha value is -1.99. The van der Waals surface area contributed by atoms with Crippen LogP contribution >= 0.6 is 11.3 Å². The van der Waals surface area contributed by atoms with E-state index < -0.39 is 0 Å². The van der Waals surface area contributed by atoms with Crippen LogP contribution in [-0.2, 0) is 11.3 Å². The Morgan fingerprint density at radius 3 is 2.67 bits per heavy atom. The molecule has 1 aromatic heterocycles. The lowest BCUT2D eigenvalue weighted by Crippen LogP contribution is -2.00. The van der Waals surface area contributed by atoms with Crippen molar-refractivity contribution < 1.29 is 9.53 Å². The normalized spacial score (nSPS) is 10.1. The van der Waals surface area contributed by atoms with Gasteiger partial charge >= 0.3 is 5.97 Å². The standard InChI is InChI=1S/C11H12N4O2S/c1-17-10(16)7-2-4-8(5-3-7)13-11-15-14-9(6-12)18-11/h2-5H,6,12H2,1H3,(H,13,15). The summed E-state index contributed by atoms with van der Waals surface area (Å²) in [6.07, 6.45) is 0. The third kappa shape index (κ3) is 2.82. The third-order valence-corrected chi connectivity index (χ3v) is 3.06. The zero-order valence-electron chi connectivity index (χ0n) is 9.71. The number of nitrogens with two attached hydrogens (primary N) is 1. The molecule has 0 saturated carbocycles. The summed E-state index contributed by atoms with van der Waals surface area (Å²) in [6.45, 7) is 0.376. The fourth-order valence-electron chi connectivity index (χ4n) is 1.32. The Bertz CT molecular complexity index is 538. The van der Waals surface area contributed by atoms with Crippen LogP contribution in [0.25, 0.3) is 0 Å². The minimum atomic E-state index is -0.358. The molecule has 6 nitrogen and oxygen atoms in total. The average molecular weight is 264 g/mol.